The van der Waals surface area contributed by atoms with Gasteiger partial charge in [-0.25, -0.2) is 4.79 Å². The molecule has 32 heavy (non-hydrogen) atoms. The van der Waals surface area contributed by atoms with Crippen molar-refractivity contribution in [2.45, 2.75) is 13.0 Å². The van der Waals surface area contributed by atoms with Gasteiger partial charge < -0.3 is 15.0 Å². The molecule has 0 radical (unpaired) electrons. The second-order valence-corrected chi connectivity index (χ2v) is 8.01. The van der Waals surface area contributed by atoms with E-state index in [-0.39, 0.29) is 11.9 Å². The molecule has 0 spiro atoms. The fourth-order valence-corrected chi connectivity index (χ4v) is 3.80. The normalized spacial score (nSPS) is 13.8. The molecule has 1 N–H and O–H groups in total. The molecular weight excluding hydrogens is 426 g/mol. The van der Waals surface area contributed by atoms with E-state index in [0.29, 0.717) is 41.7 Å². The highest BCUT2D eigenvalue weighted by Crippen LogP contribution is 2.24. The van der Waals surface area contributed by atoms with Gasteiger partial charge in [0.05, 0.1) is 7.11 Å². The zero-order valence-electron chi connectivity index (χ0n) is 17.8. The van der Waals surface area contributed by atoms with Crippen molar-refractivity contribution in [2.75, 3.05) is 30.4 Å². The Morgan fingerprint density at radius 3 is 2.50 bits per heavy atom. The van der Waals surface area contributed by atoms with Gasteiger partial charge in [-0.05, 0) is 66.6 Å². The van der Waals surface area contributed by atoms with Crippen molar-refractivity contribution in [1.29, 1.82) is 0 Å². The molecule has 1 heterocycles. The number of rotatable bonds is 6. The zero-order valence-corrected chi connectivity index (χ0v) is 18.5. The average molecular weight is 450 g/mol. The Hall–Kier alpha value is -3.51. The summed E-state index contributed by atoms with van der Waals surface area (Å²) in [6.07, 6.45) is 0.883. The van der Waals surface area contributed by atoms with Crippen molar-refractivity contribution < 1.29 is 14.3 Å². The second-order valence-electron chi connectivity index (χ2n) is 7.57. The van der Waals surface area contributed by atoms with E-state index in [4.69, 9.17) is 16.3 Å². The van der Waals surface area contributed by atoms with E-state index in [0.717, 1.165) is 17.7 Å². The van der Waals surface area contributed by atoms with E-state index in [1.807, 2.05) is 41.3 Å². The lowest BCUT2D eigenvalue weighted by Crippen LogP contribution is -2.49. The highest BCUT2D eigenvalue weighted by molar-refractivity contribution is 6.30. The maximum atomic E-state index is 13.0. The Morgan fingerprint density at radius 2 is 1.78 bits per heavy atom. The van der Waals surface area contributed by atoms with E-state index in [2.05, 4.69) is 5.32 Å². The van der Waals surface area contributed by atoms with Crippen LogP contribution in [0.3, 0.4) is 0 Å². The minimum Gasteiger partial charge on any atom is -0.497 e. The molecule has 0 bridgehead atoms. The van der Waals surface area contributed by atoms with Crippen LogP contribution in [-0.4, -0.2) is 37.0 Å². The summed E-state index contributed by atoms with van der Waals surface area (Å²) in [7, 11) is 1.56. The third kappa shape index (κ3) is 5.03. The Labute approximate surface area is 192 Å². The van der Waals surface area contributed by atoms with E-state index in [1.54, 1.807) is 48.4 Å². The largest absolute Gasteiger partial charge is 0.497 e. The molecule has 164 valence electrons. The fraction of sp³-hybridized carbons (Fsp3) is 0.200. The Kier molecular flexibility index (Phi) is 6.61. The molecule has 1 saturated heterocycles. The topological polar surface area (TPSA) is 61.9 Å². The van der Waals surface area contributed by atoms with Gasteiger partial charge in [-0.2, -0.15) is 0 Å². The molecule has 7 heteroatoms. The Balaban J connectivity index is 1.41. The first-order chi connectivity index (χ1) is 15.5. The van der Waals surface area contributed by atoms with Gasteiger partial charge in [0.25, 0.3) is 5.91 Å². The van der Waals surface area contributed by atoms with Crippen molar-refractivity contribution in [2.24, 2.45) is 0 Å². The van der Waals surface area contributed by atoms with Gasteiger partial charge in [0.15, 0.2) is 0 Å². The van der Waals surface area contributed by atoms with Crippen LogP contribution in [0, 0.1) is 0 Å². The van der Waals surface area contributed by atoms with Gasteiger partial charge in [-0.1, -0.05) is 29.8 Å². The van der Waals surface area contributed by atoms with Crippen molar-refractivity contribution in [3.05, 3.63) is 88.9 Å². The minimum absolute atomic E-state index is 0.0284. The average Bonchev–Trinajstić information content (AvgIpc) is 2.82. The number of carbonyl (C=O) groups is 2. The van der Waals surface area contributed by atoms with Crippen LogP contribution >= 0.6 is 11.6 Å². The molecule has 0 aliphatic carbocycles. The minimum atomic E-state index is -0.222. The number of anilines is 2. The van der Waals surface area contributed by atoms with Gasteiger partial charge in [0.1, 0.15) is 5.75 Å². The lowest BCUT2D eigenvalue weighted by molar-refractivity contribution is 0.102. The van der Waals surface area contributed by atoms with E-state index >= 15 is 0 Å². The first-order valence-corrected chi connectivity index (χ1v) is 10.8. The first kappa shape index (κ1) is 21.7. The smallest absolute Gasteiger partial charge is 0.324 e. The van der Waals surface area contributed by atoms with Crippen molar-refractivity contribution in [3.63, 3.8) is 0 Å². The predicted molar refractivity (Wildman–Crippen MR) is 127 cm³/mol. The molecule has 1 aliphatic rings. The monoisotopic (exact) mass is 449 g/mol. The summed E-state index contributed by atoms with van der Waals surface area (Å²) in [4.78, 5) is 29.2. The standard InChI is InChI=1S/C25H24ClN3O3/c1-32-23-5-2-4-19(16-23)24(30)27-21-10-12-22(13-11-21)29-15-3-14-28(25(29)31)17-18-6-8-20(26)9-7-18/h2,4-13,16H,3,14-15,17H2,1H3,(H,27,30). The summed E-state index contributed by atoms with van der Waals surface area (Å²) in [5.74, 6) is 0.402. The molecule has 3 aromatic rings. The van der Waals surface area contributed by atoms with Crippen LogP contribution in [0.1, 0.15) is 22.3 Å². The van der Waals surface area contributed by atoms with Crippen LogP contribution in [-0.2, 0) is 6.54 Å². The van der Waals surface area contributed by atoms with Crippen LogP contribution in [0.15, 0.2) is 72.8 Å². The number of nitrogens with one attached hydrogen (secondary N) is 1. The van der Waals surface area contributed by atoms with Crippen LogP contribution in [0.4, 0.5) is 16.2 Å². The number of urea groups is 1. The fourth-order valence-electron chi connectivity index (χ4n) is 3.67. The van der Waals surface area contributed by atoms with E-state index in [9.17, 15) is 9.59 Å². The molecule has 0 saturated carbocycles. The number of methoxy groups -OCH3 is 1. The van der Waals surface area contributed by atoms with Gasteiger partial charge in [0, 0.05) is 41.6 Å². The summed E-state index contributed by atoms with van der Waals surface area (Å²) in [6, 6.07) is 21.8. The Bertz CT molecular complexity index is 1100. The molecule has 3 aromatic carbocycles. The quantitative estimate of drug-likeness (QED) is 0.545. The molecule has 1 fully saturated rings. The summed E-state index contributed by atoms with van der Waals surface area (Å²) >= 11 is 5.96. The zero-order chi connectivity index (χ0) is 22.5. The second kappa shape index (κ2) is 9.75. The lowest BCUT2D eigenvalue weighted by Gasteiger charge is -2.35. The first-order valence-electron chi connectivity index (χ1n) is 10.4. The SMILES string of the molecule is COc1cccc(C(=O)Nc2ccc(N3CCCN(Cc4ccc(Cl)cc4)C3=O)cc2)c1. The van der Waals surface area contributed by atoms with E-state index in [1.165, 1.54) is 0 Å². The van der Waals surface area contributed by atoms with Gasteiger partial charge in [0.2, 0.25) is 0 Å². The van der Waals surface area contributed by atoms with E-state index < -0.39 is 0 Å². The number of benzene rings is 3. The molecule has 3 amide bonds. The molecule has 0 aromatic heterocycles. The van der Waals surface area contributed by atoms with Crippen molar-refractivity contribution in [1.82, 2.24) is 4.90 Å². The molecule has 4 rings (SSSR count). The predicted octanol–water partition coefficient (Wildman–Crippen LogP) is 5.43. The maximum absolute atomic E-state index is 13.0. The number of nitrogens with zero attached hydrogens (tertiary/aromatic N) is 2. The molecular formula is C25H24ClN3O3. The highest BCUT2D eigenvalue weighted by Gasteiger charge is 2.26. The number of hydrogen-bond donors (Lipinski definition) is 1. The number of amides is 3. The molecule has 0 atom stereocenters. The number of carbonyl (C=O) groups excluding carboxylic acids is 2. The van der Waals surface area contributed by atoms with Crippen LogP contribution < -0.4 is 15.0 Å². The summed E-state index contributed by atoms with van der Waals surface area (Å²) in [6.45, 7) is 1.92. The van der Waals surface area contributed by atoms with Gasteiger partial charge in [-0.3, -0.25) is 9.69 Å². The molecule has 0 unspecified atom stereocenters. The molecule has 6 nitrogen and oxygen atoms in total. The summed E-state index contributed by atoms with van der Waals surface area (Å²) in [5, 5.41) is 3.56. The third-order valence-electron chi connectivity index (χ3n) is 5.37. The highest BCUT2D eigenvalue weighted by atomic mass is 35.5. The number of ether oxygens (including phenoxy) is 1. The Morgan fingerprint density at radius 1 is 1.03 bits per heavy atom. The number of hydrogen-bond acceptors (Lipinski definition) is 3. The van der Waals surface area contributed by atoms with Crippen LogP contribution in [0.2, 0.25) is 5.02 Å². The van der Waals surface area contributed by atoms with Gasteiger partial charge >= 0.3 is 6.03 Å². The van der Waals surface area contributed by atoms with Gasteiger partial charge in [-0.15, -0.1) is 0 Å². The third-order valence-corrected chi connectivity index (χ3v) is 5.62. The van der Waals surface area contributed by atoms with Crippen LogP contribution in [0.5, 0.6) is 5.75 Å². The van der Waals surface area contributed by atoms with Crippen molar-refractivity contribution in [3.8, 4) is 5.75 Å². The maximum Gasteiger partial charge on any atom is 0.324 e. The number of halogens is 1. The summed E-state index contributed by atoms with van der Waals surface area (Å²) in [5.41, 5.74) is 3.01. The summed E-state index contributed by atoms with van der Waals surface area (Å²) < 4.78 is 5.17. The van der Waals surface area contributed by atoms with Crippen LogP contribution in [0.25, 0.3) is 0 Å². The molecule has 1 aliphatic heterocycles. The van der Waals surface area contributed by atoms with Crippen molar-refractivity contribution >= 4 is 34.9 Å². The lowest BCUT2D eigenvalue weighted by atomic mass is 10.1.